The van der Waals surface area contributed by atoms with Crippen molar-refractivity contribution in [3.05, 3.63) is 97.4 Å². The Hall–Kier alpha value is -4.08. The second-order valence-corrected chi connectivity index (χ2v) is 8.21. The lowest BCUT2D eigenvalue weighted by atomic mass is 10.2. The highest BCUT2D eigenvalue weighted by Gasteiger charge is 2.31. The summed E-state index contributed by atoms with van der Waals surface area (Å²) in [7, 11) is 1.46. The highest BCUT2D eigenvalue weighted by Crippen LogP contribution is 2.34. The molecule has 7 nitrogen and oxygen atoms in total. The first-order valence-electron chi connectivity index (χ1n) is 10.6. The van der Waals surface area contributed by atoms with Gasteiger partial charge in [-0.25, -0.2) is 9.36 Å². The first kappa shape index (κ1) is 21.7. The number of anilines is 2. The summed E-state index contributed by atoms with van der Waals surface area (Å²) in [4.78, 5) is 39.8. The average Bonchev–Trinajstić information content (AvgIpc) is 3.62. The van der Waals surface area contributed by atoms with E-state index in [0.717, 1.165) is 12.1 Å². The number of aromatic nitrogens is 3. The van der Waals surface area contributed by atoms with Gasteiger partial charge in [0.25, 0.3) is 11.1 Å². The van der Waals surface area contributed by atoms with Crippen LogP contribution in [0.3, 0.4) is 0 Å². The summed E-state index contributed by atoms with van der Waals surface area (Å²) in [6.45, 7) is 0. The molecule has 174 valence electrons. The number of para-hydroxylation sites is 1. The lowest BCUT2D eigenvalue weighted by molar-refractivity contribution is -0.137. The van der Waals surface area contributed by atoms with Crippen LogP contribution in [0.15, 0.2) is 75.0 Å². The smallest absolute Gasteiger partial charge is 0.355 e. The highest BCUT2D eigenvalue weighted by atomic mass is 19.4. The summed E-state index contributed by atoms with van der Waals surface area (Å²) in [5.74, 6) is 0. The van der Waals surface area contributed by atoms with Crippen molar-refractivity contribution in [2.75, 3.05) is 5.32 Å². The van der Waals surface area contributed by atoms with E-state index in [9.17, 15) is 27.6 Å². The predicted octanol–water partition coefficient (Wildman–Crippen LogP) is 3.95. The molecule has 0 unspecified atom stereocenters. The first-order chi connectivity index (χ1) is 16.2. The van der Waals surface area contributed by atoms with Crippen LogP contribution in [-0.2, 0) is 13.2 Å². The third-order valence-corrected chi connectivity index (χ3v) is 5.87. The summed E-state index contributed by atoms with van der Waals surface area (Å²) in [6, 6.07) is 13.9. The number of alkyl halides is 3. The minimum absolute atomic E-state index is 0.0948. The predicted molar refractivity (Wildman–Crippen MR) is 122 cm³/mol. The van der Waals surface area contributed by atoms with Gasteiger partial charge < -0.3 is 5.32 Å². The lowest BCUT2D eigenvalue weighted by Crippen LogP contribution is -2.41. The zero-order chi connectivity index (χ0) is 24.2. The van der Waals surface area contributed by atoms with Gasteiger partial charge in [-0.15, -0.1) is 0 Å². The van der Waals surface area contributed by atoms with Crippen LogP contribution in [0.4, 0.5) is 24.5 Å². The van der Waals surface area contributed by atoms with Gasteiger partial charge in [-0.3, -0.25) is 18.7 Å². The molecule has 10 heteroatoms. The SMILES string of the molecule is Cn1c(=O)cc(Nc2ccc(C(F)(F)F)cc2)c2c(=O)n(C3CC3)c(=O)n(-c3ccccc3)c21. The van der Waals surface area contributed by atoms with Gasteiger partial charge in [0.15, 0.2) is 0 Å². The Morgan fingerprint density at radius 2 is 1.59 bits per heavy atom. The summed E-state index contributed by atoms with van der Waals surface area (Å²) in [5, 5.41) is 3.00. The van der Waals surface area contributed by atoms with Gasteiger partial charge in [0, 0.05) is 24.8 Å². The molecule has 2 aromatic carbocycles. The third-order valence-electron chi connectivity index (χ3n) is 5.87. The van der Waals surface area contributed by atoms with Crippen molar-refractivity contribution in [2.24, 2.45) is 7.05 Å². The molecule has 0 amide bonds. The number of hydrogen-bond donors (Lipinski definition) is 1. The number of halogens is 3. The highest BCUT2D eigenvalue weighted by molar-refractivity contribution is 5.91. The molecule has 0 radical (unpaired) electrons. The number of pyridine rings is 1. The Morgan fingerprint density at radius 1 is 0.941 bits per heavy atom. The van der Waals surface area contributed by atoms with E-state index >= 15 is 0 Å². The maximum absolute atomic E-state index is 13.5. The molecule has 34 heavy (non-hydrogen) atoms. The minimum Gasteiger partial charge on any atom is -0.355 e. The fourth-order valence-electron chi connectivity index (χ4n) is 4.02. The van der Waals surface area contributed by atoms with E-state index in [2.05, 4.69) is 5.32 Å². The van der Waals surface area contributed by atoms with Crippen molar-refractivity contribution in [2.45, 2.75) is 25.1 Å². The molecule has 0 aliphatic heterocycles. The molecule has 1 saturated carbocycles. The Bertz CT molecular complexity index is 1580. The lowest BCUT2D eigenvalue weighted by Gasteiger charge is -2.19. The molecular formula is C24H19F3N4O3. The molecule has 0 saturated heterocycles. The molecule has 1 aliphatic carbocycles. The van der Waals surface area contributed by atoms with E-state index in [1.807, 2.05) is 0 Å². The monoisotopic (exact) mass is 468 g/mol. The number of nitrogens with zero attached hydrogens (tertiary/aromatic N) is 3. The molecular weight excluding hydrogens is 449 g/mol. The topological polar surface area (TPSA) is 78.0 Å². The number of benzene rings is 2. The van der Waals surface area contributed by atoms with Crippen molar-refractivity contribution >= 4 is 22.4 Å². The quantitative estimate of drug-likeness (QED) is 0.492. The van der Waals surface area contributed by atoms with Crippen molar-refractivity contribution in [1.29, 1.82) is 0 Å². The van der Waals surface area contributed by atoms with Crippen LogP contribution >= 0.6 is 0 Å². The van der Waals surface area contributed by atoms with Crippen LogP contribution < -0.4 is 22.1 Å². The molecule has 4 aromatic rings. The van der Waals surface area contributed by atoms with Crippen LogP contribution in [-0.4, -0.2) is 13.7 Å². The van der Waals surface area contributed by atoms with Crippen LogP contribution in [0, 0.1) is 0 Å². The van der Waals surface area contributed by atoms with Gasteiger partial charge in [0.2, 0.25) is 0 Å². The van der Waals surface area contributed by atoms with Crippen LogP contribution in [0.5, 0.6) is 0 Å². The van der Waals surface area contributed by atoms with Gasteiger partial charge in [-0.2, -0.15) is 13.2 Å². The van der Waals surface area contributed by atoms with Gasteiger partial charge in [0.1, 0.15) is 11.0 Å². The number of aryl methyl sites for hydroxylation is 1. The van der Waals surface area contributed by atoms with Crippen molar-refractivity contribution in [3.8, 4) is 5.69 Å². The summed E-state index contributed by atoms with van der Waals surface area (Å²) in [5.41, 5.74) is -1.46. The van der Waals surface area contributed by atoms with Crippen molar-refractivity contribution in [1.82, 2.24) is 13.7 Å². The van der Waals surface area contributed by atoms with Gasteiger partial charge in [-0.1, -0.05) is 18.2 Å². The van der Waals surface area contributed by atoms with Gasteiger partial charge >= 0.3 is 11.9 Å². The molecule has 0 atom stereocenters. The Labute approximate surface area is 190 Å². The fourth-order valence-corrected chi connectivity index (χ4v) is 4.02. The maximum Gasteiger partial charge on any atom is 0.416 e. The largest absolute Gasteiger partial charge is 0.416 e. The summed E-state index contributed by atoms with van der Waals surface area (Å²) >= 11 is 0. The zero-order valence-electron chi connectivity index (χ0n) is 18.0. The second kappa shape index (κ2) is 7.75. The molecule has 0 spiro atoms. The van der Waals surface area contributed by atoms with Crippen LogP contribution in [0.25, 0.3) is 16.7 Å². The molecule has 1 fully saturated rings. The maximum atomic E-state index is 13.5. The van der Waals surface area contributed by atoms with Crippen molar-refractivity contribution < 1.29 is 13.2 Å². The molecule has 5 rings (SSSR count). The van der Waals surface area contributed by atoms with Crippen LogP contribution in [0.1, 0.15) is 24.4 Å². The minimum atomic E-state index is -4.49. The number of rotatable bonds is 4. The molecule has 1 aliphatic rings. The molecule has 1 N–H and O–H groups in total. The van der Waals surface area contributed by atoms with E-state index in [1.165, 1.54) is 38.9 Å². The third kappa shape index (κ3) is 3.60. The van der Waals surface area contributed by atoms with E-state index in [4.69, 9.17) is 0 Å². The van der Waals surface area contributed by atoms with Crippen molar-refractivity contribution in [3.63, 3.8) is 0 Å². The first-order valence-corrected chi connectivity index (χ1v) is 10.6. The standard InChI is InChI=1S/C24H19F3N4O3/c1-29-19(32)13-18(28-15-9-7-14(8-10-15)24(25,26)27)20-21(29)30(16-5-3-2-4-6-16)23(34)31(22(20)33)17-11-12-17/h2-10,13,17,28H,11-12H2,1H3. The normalized spacial score (nSPS) is 13.9. The Kier molecular flexibility index (Phi) is 4.96. The Morgan fingerprint density at radius 3 is 2.18 bits per heavy atom. The van der Waals surface area contributed by atoms with E-state index in [-0.39, 0.29) is 28.5 Å². The number of hydrogen-bond acceptors (Lipinski definition) is 4. The number of fused-ring (bicyclic) bond motifs is 1. The molecule has 2 heterocycles. The average molecular weight is 468 g/mol. The second-order valence-electron chi connectivity index (χ2n) is 8.21. The molecule has 0 bridgehead atoms. The van der Waals surface area contributed by atoms with Gasteiger partial charge in [0.05, 0.1) is 16.9 Å². The zero-order valence-corrected chi connectivity index (χ0v) is 18.0. The summed E-state index contributed by atoms with van der Waals surface area (Å²) < 4.78 is 42.5. The van der Waals surface area contributed by atoms with Gasteiger partial charge in [-0.05, 0) is 49.2 Å². The van der Waals surface area contributed by atoms with E-state index < -0.39 is 28.5 Å². The van der Waals surface area contributed by atoms with Crippen LogP contribution in [0.2, 0.25) is 0 Å². The van der Waals surface area contributed by atoms with E-state index in [0.29, 0.717) is 18.5 Å². The number of nitrogens with one attached hydrogen (secondary N) is 1. The van der Waals surface area contributed by atoms with E-state index in [1.54, 1.807) is 30.3 Å². The molecule has 2 aromatic heterocycles. The summed E-state index contributed by atoms with van der Waals surface area (Å²) in [6.07, 6.45) is -3.12. The fraction of sp³-hybridized carbons (Fsp3) is 0.208. The Balaban J connectivity index is 1.80.